The molecule has 0 spiro atoms. The minimum absolute atomic E-state index is 0.00689. The standard InChI is InChI=1S/C31H38F3N3O5S/c1-2-42-27-18-24(17-26(19-27)37-13-6-7-14-43(37,40)41)30(39)36-28(16-22-9-4-3-5-10-22)29(38)21-35-20-23-11-8-12-25(15-23)31(32,33)34/h3-5,8-12,15,17-19,28-29,35,38,40-41H,2,6-7,13-14,16,20-21H2,1H3,(H,36,39)/t28-,29-/m0/s1. The lowest BCUT2D eigenvalue weighted by molar-refractivity contribution is -0.137. The van der Waals surface area contributed by atoms with Crippen molar-refractivity contribution in [3.05, 3.63) is 95.1 Å². The number of ether oxygens (including phenoxy) is 1. The summed E-state index contributed by atoms with van der Waals surface area (Å²) in [6.45, 7) is 2.67. The van der Waals surface area contributed by atoms with Gasteiger partial charge in [0.2, 0.25) is 0 Å². The van der Waals surface area contributed by atoms with Crippen molar-refractivity contribution in [1.82, 2.24) is 10.6 Å². The molecule has 1 saturated heterocycles. The summed E-state index contributed by atoms with van der Waals surface area (Å²) in [5.41, 5.74) is 1.22. The van der Waals surface area contributed by atoms with Gasteiger partial charge in [-0.3, -0.25) is 18.2 Å². The lowest BCUT2D eigenvalue weighted by atomic mass is 10.00. The van der Waals surface area contributed by atoms with E-state index in [9.17, 15) is 32.2 Å². The van der Waals surface area contributed by atoms with Gasteiger partial charge in [-0.2, -0.15) is 13.2 Å². The van der Waals surface area contributed by atoms with Crippen LogP contribution in [0.5, 0.6) is 5.75 Å². The third-order valence-electron chi connectivity index (χ3n) is 7.15. The molecular weight excluding hydrogens is 583 g/mol. The Balaban J connectivity index is 1.51. The highest BCUT2D eigenvalue weighted by molar-refractivity contribution is 8.25. The highest BCUT2D eigenvalue weighted by atomic mass is 32.3. The van der Waals surface area contributed by atoms with Gasteiger partial charge in [0.25, 0.3) is 5.91 Å². The quantitative estimate of drug-likeness (QED) is 0.172. The summed E-state index contributed by atoms with van der Waals surface area (Å²) in [5.74, 6) is 0.148. The monoisotopic (exact) mass is 621 g/mol. The zero-order valence-electron chi connectivity index (χ0n) is 23.9. The van der Waals surface area contributed by atoms with Crippen LogP contribution in [0.1, 0.15) is 46.8 Å². The van der Waals surface area contributed by atoms with Crippen LogP contribution in [0.3, 0.4) is 0 Å². The van der Waals surface area contributed by atoms with Crippen molar-refractivity contribution in [1.29, 1.82) is 0 Å². The Morgan fingerprint density at radius 3 is 2.47 bits per heavy atom. The highest BCUT2D eigenvalue weighted by Crippen LogP contribution is 2.50. The van der Waals surface area contributed by atoms with Gasteiger partial charge < -0.3 is 20.5 Å². The third kappa shape index (κ3) is 9.10. The molecule has 1 aliphatic rings. The predicted molar refractivity (Wildman–Crippen MR) is 162 cm³/mol. The van der Waals surface area contributed by atoms with E-state index < -0.39 is 40.6 Å². The van der Waals surface area contributed by atoms with Gasteiger partial charge in [0.05, 0.1) is 35.8 Å². The largest absolute Gasteiger partial charge is 0.494 e. The van der Waals surface area contributed by atoms with Gasteiger partial charge in [-0.1, -0.05) is 48.5 Å². The van der Waals surface area contributed by atoms with Crippen LogP contribution in [0.2, 0.25) is 0 Å². The number of aliphatic hydroxyl groups excluding tert-OH is 1. The summed E-state index contributed by atoms with van der Waals surface area (Å²) in [5, 5.41) is 17.0. The van der Waals surface area contributed by atoms with Crippen LogP contribution in [0.15, 0.2) is 72.8 Å². The van der Waals surface area contributed by atoms with Crippen LogP contribution in [-0.2, 0) is 19.1 Å². The normalized spacial score (nSPS) is 17.1. The molecule has 1 aliphatic heterocycles. The topological polar surface area (TPSA) is 114 Å². The fraction of sp³-hybridized carbons (Fsp3) is 0.387. The van der Waals surface area contributed by atoms with Gasteiger partial charge in [-0.15, -0.1) is 10.8 Å². The Bertz CT molecular complexity index is 1360. The smallest absolute Gasteiger partial charge is 0.416 e. The van der Waals surface area contributed by atoms with Crippen LogP contribution >= 0.6 is 10.8 Å². The van der Waals surface area contributed by atoms with E-state index in [2.05, 4.69) is 10.6 Å². The molecule has 0 radical (unpaired) electrons. The number of aliphatic hydroxyl groups is 1. The van der Waals surface area contributed by atoms with Gasteiger partial charge in [0.1, 0.15) is 5.75 Å². The fourth-order valence-electron chi connectivity index (χ4n) is 4.98. The number of anilines is 1. The molecule has 5 N–H and O–H groups in total. The SMILES string of the molecule is CCOc1cc(C(=O)N[C@@H](Cc2ccccc2)[C@@H](O)CNCc2cccc(C(F)(F)F)c2)cc(N2CCCCS2(O)O)c1. The number of nitrogens with one attached hydrogen (secondary N) is 2. The van der Waals surface area contributed by atoms with E-state index in [4.69, 9.17) is 4.74 Å². The van der Waals surface area contributed by atoms with E-state index in [0.29, 0.717) is 43.0 Å². The lowest BCUT2D eigenvalue weighted by Gasteiger charge is -2.47. The first-order valence-corrected chi connectivity index (χ1v) is 15.8. The van der Waals surface area contributed by atoms with Crippen molar-refractivity contribution in [2.75, 3.05) is 29.8 Å². The molecule has 0 aliphatic carbocycles. The van der Waals surface area contributed by atoms with Crippen LogP contribution in [0.25, 0.3) is 0 Å². The van der Waals surface area contributed by atoms with E-state index in [1.807, 2.05) is 30.3 Å². The van der Waals surface area contributed by atoms with Crippen molar-refractivity contribution >= 4 is 22.4 Å². The molecule has 0 aromatic heterocycles. The number of carbonyl (C=O) groups is 1. The van der Waals surface area contributed by atoms with Crippen molar-refractivity contribution in [2.45, 2.75) is 51.1 Å². The number of alkyl halides is 3. The molecule has 43 heavy (non-hydrogen) atoms. The Labute approximate surface area is 251 Å². The summed E-state index contributed by atoms with van der Waals surface area (Å²) in [7, 11) is -3.04. The minimum Gasteiger partial charge on any atom is -0.494 e. The molecule has 234 valence electrons. The van der Waals surface area contributed by atoms with Gasteiger partial charge in [0.15, 0.2) is 0 Å². The number of amides is 1. The second kappa shape index (κ2) is 14.5. The molecule has 0 saturated carbocycles. The van der Waals surface area contributed by atoms with E-state index in [1.54, 1.807) is 31.2 Å². The molecule has 0 bridgehead atoms. The van der Waals surface area contributed by atoms with Crippen molar-refractivity contribution in [3.63, 3.8) is 0 Å². The Kier molecular flexibility index (Phi) is 11.0. The van der Waals surface area contributed by atoms with Crippen LogP contribution in [-0.4, -0.2) is 57.7 Å². The van der Waals surface area contributed by atoms with E-state index in [0.717, 1.165) is 24.1 Å². The van der Waals surface area contributed by atoms with E-state index >= 15 is 0 Å². The van der Waals surface area contributed by atoms with E-state index in [1.165, 1.54) is 10.4 Å². The molecule has 3 aromatic rings. The molecular formula is C31H38F3N3O5S. The number of benzene rings is 3. The Morgan fingerprint density at radius 1 is 1.02 bits per heavy atom. The zero-order valence-corrected chi connectivity index (χ0v) is 24.7. The first-order chi connectivity index (χ1) is 20.5. The number of halogens is 3. The van der Waals surface area contributed by atoms with Crippen molar-refractivity contribution < 1.29 is 36.9 Å². The molecule has 1 heterocycles. The average Bonchev–Trinajstić information content (AvgIpc) is 2.97. The van der Waals surface area contributed by atoms with Gasteiger partial charge >= 0.3 is 6.18 Å². The number of hydrogen-bond donors (Lipinski definition) is 5. The molecule has 1 fully saturated rings. The summed E-state index contributed by atoms with van der Waals surface area (Å²) >= 11 is 0. The first kappa shape index (κ1) is 32.6. The predicted octanol–water partition coefficient (Wildman–Crippen LogP) is 5.86. The molecule has 1 amide bonds. The maximum absolute atomic E-state index is 13.6. The zero-order chi connectivity index (χ0) is 31.0. The van der Waals surface area contributed by atoms with Crippen LogP contribution in [0, 0.1) is 0 Å². The number of hydrogen-bond acceptors (Lipinski definition) is 7. The number of rotatable bonds is 12. The summed E-state index contributed by atoms with van der Waals surface area (Å²) in [4.78, 5) is 13.6. The summed E-state index contributed by atoms with van der Waals surface area (Å²) in [6.07, 6.45) is -3.78. The van der Waals surface area contributed by atoms with Gasteiger partial charge in [-0.05, 0) is 55.5 Å². The highest BCUT2D eigenvalue weighted by Gasteiger charge is 2.31. The number of carbonyl (C=O) groups excluding carboxylic acids is 1. The molecule has 3 aromatic carbocycles. The van der Waals surface area contributed by atoms with Crippen LogP contribution < -0.4 is 19.7 Å². The molecule has 8 nitrogen and oxygen atoms in total. The maximum atomic E-state index is 13.6. The third-order valence-corrected chi connectivity index (χ3v) is 9.09. The average molecular weight is 622 g/mol. The lowest BCUT2D eigenvalue weighted by Crippen LogP contribution is -2.48. The molecule has 2 atom stereocenters. The second-order valence-corrected chi connectivity index (χ2v) is 12.6. The Hall–Kier alpha value is -3.29. The first-order valence-electron chi connectivity index (χ1n) is 14.2. The minimum atomic E-state index is -4.45. The van der Waals surface area contributed by atoms with E-state index in [-0.39, 0.29) is 24.4 Å². The molecule has 4 rings (SSSR count). The van der Waals surface area contributed by atoms with Crippen molar-refractivity contribution in [2.24, 2.45) is 0 Å². The molecule has 12 heteroatoms. The summed E-state index contributed by atoms with van der Waals surface area (Å²) in [6, 6.07) is 18.3. The maximum Gasteiger partial charge on any atom is 0.416 e. The molecule has 0 unspecified atom stereocenters. The number of nitrogens with zero attached hydrogens (tertiary/aromatic N) is 1. The van der Waals surface area contributed by atoms with Crippen molar-refractivity contribution in [3.8, 4) is 5.75 Å². The van der Waals surface area contributed by atoms with Crippen LogP contribution in [0.4, 0.5) is 18.9 Å². The second-order valence-electron chi connectivity index (χ2n) is 10.5. The Morgan fingerprint density at radius 2 is 1.77 bits per heavy atom. The summed E-state index contributed by atoms with van der Waals surface area (Å²) < 4.78 is 67.8. The van der Waals surface area contributed by atoms with Gasteiger partial charge in [-0.25, -0.2) is 0 Å². The fourth-order valence-corrected chi connectivity index (χ4v) is 6.66. The van der Waals surface area contributed by atoms with Gasteiger partial charge in [0, 0.05) is 31.3 Å².